The monoisotopic (exact) mass is 451 g/mol. The zero-order valence-corrected chi connectivity index (χ0v) is 17.0. The molecule has 2 amide bonds. The van der Waals surface area contributed by atoms with Crippen LogP contribution >= 0.6 is 23.2 Å². The van der Waals surface area contributed by atoms with Gasteiger partial charge in [0.1, 0.15) is 12.1 Å². The molecule has 0 radical (unpaired) electrons. The van der Waals surface area contributed by atoms with Crippen LogP contribution in [-0.2, 0) is 20.9 Å². The molecule has 1 aliphatic carbocycles. The van der Waals surface area contributed by atoms with Gasteiger partial charge in [0.15, 0.2) is 11.6 Å². The number of piperazine rings is 1. The molecule has 1 aromatic heterocycles. The van der Waals surface area contributed by atoms with Crippen molar-refractivity contribution in [1.29, 1.82) is 0 Å². The highest BCUT2D eigenvalue weighted by Gasteiger charge is 2.62. The molecular weight excluding hydrogens is 436 g/mol. The molecule has 4 rings (SSSR count). The van der Waals surface area contributed by atoms with Gasteiger partial charge in [-0.2, -0.15) is 0 Å². The molecule has 1 saturated carbocycles. The number of nitrogens with zero attached hydrogens (tertiary/aromatic N) is 3. The van der Waals surface area contributed by atoms with Crippen molar-refractivity contribution in [3.63, 3.8) is 0 Å². The number of aliphatic carboxylic acids is 1. The van der Waals surface area contributed by atoms with Crippen molar-refractivity contribution in [3.8, 4) is 0 Å². The largest absolute Gasteiger partial charge is 0.481 e. The minimum Gasteiger partial charge on any atom is -0.481 e. The first-order valence-corrected chi connectivity index (χ1v) is 9.87. The number of carboxylic acid groups (broad SMARTS) is 1. The second-order valence-electron chi connectivity index (χ2n) is 7.43. The first-order valence-electron chi connectivity index (χ1n) is 9.12. The van der Waals surface area contributed by atoms with Gasteiger partial charge >= 0.3 is 5.97 Å². The summed E-state index contributed by atoms with van der Waals surface area (Å²) >= 11 is 11.6. The first-order chi connectivity index (χ1) is 14.2. The topological polar surface area (TPSA) is 90.8 Å². The van der Waals surface area contributed by atoms with Crippen LogP contribution in [0.15, 0.2) is 36.5 Å². The van der Waals surface area contributed by atoms with Crippen molar-refractivity contribution >= 4 is 46.8 Å². The maximum absolute atomic E-state index is 14.4. The number of carbonyl (C=O) groups excluding carboxylic acids is 2. The minimum absolute atomic E-state index is 0.0494. The van der Waals surface area contributed by atoms with E-state index >= 15 is 0 Å². The van der Waals surface area contributed by atoms with E-state index in [1.54, 1.807) is 24.3 Å². The average molecular weight is 452 g/mol. The van der Waals surface area contributed by atoms with E-state index in [-0.39, 0.29) is 30.2 Å². The number of hydrogen-bond acceptors (Lipinski definition) is 4. The number of amides is 2. The van der Waals surface area contributed by atoms with Crippen molar-refractivity contribution in [2.45, 2.75) is 24.9 Å². The number of carbonyl (C=O) groups is 3. The van der Waals surface area contributed by atoms with E-state index in [0.29, 0.717) is 5.02 Å². The summed E-state index contributed by atoms with van der Waals surface area (Å²) in [4.78, 5) is 44.1. The zero-order valence-electron chi connectivity index (χ0n) is 15.5. The number of rotatable bonds is 4. The maximum Gasteiger partial charge on any atom is 0.306 e. The molecule has 2 aromatic rings. The van der Waals surface area contributed by atoms with Gasteiger partial charge in [-0.3, -0.25) is 19.3 Å². The Labute approximate surface area is 181 Å². The molecule has 156 valence electrons. The average Bonchev–Trinajstić information content (AvgIpc) is 2.65. The van der Waals surface area contributed by atoms with Crippen LogP contribution in [0, 0.1) is 11.7 Å². The molecule has 0 unspecified atom stereocenters. The van der Waals surface area contributed by atoms with E-state index in [2.05, 4.69) is 4.98 Å². The smallest absolute Gasteiger partial charge is 0.306 e. The van der Waals surface area contributed by atoms with Gasteiger partial charge in [-0.15, -0.1) is 0 Å². The van der Waals surface area contributed by atoms with Crippen molar-refractivity contribution in [2.24, 2.45) is 5.92 Å². The van der Waals surface area contributed by atoms with Gasteiger partial charge in [0.25, 0.3) is 5.91 Å². The van der Waals surface area contributed by atoms with E-state index < -0.39 is 41.6 Å². The Kier molecular flexibility index (Phi) is 5.15. The third-order valence-corrected chi connectivity index (χ3v) is 6.03. The summed E-state index contributed by atoms with van der Waals surface area (Å²) in [7, 11) is 0. The van der Waals surface area contributed by atoms with Crippen molar-refractivity contribution in [2.75, 3.05) is 11.4 Å². The van der Waals surface area contributed by atoms with Gasteiger partial charge in [0.05, 0.1) is 10.9 Å². The molecule has 1 N–H and O–H groups in total. The third-order valence-electron chi connectivity index (χ3n) is 5.57. The Hall–Kier alpha value is -2.71. The summed E-state index contributed by atoms with van der Waals surface area (Å²) in [6, 6.07) is 7.80. The fourth-order valence-corrected chi connectivity index (χ4v) is 4.28. The van der Waals surface area contributed by atoms with E-state index in [1.807, 2.05) is 0 Å². The van der Waals surface area contributed by atoms with Crippen LogP contribution in [0.4, 0.5) is 10.2 Å². The summed E-state index contributed by atoms with van der Waals surface area (Å²) in [5.74, 6) is -3.93. The van der Waals surface area contributed by atoms with E-state index in [4.69, 9.17) is 23.2 Å². The molecule has 10 heteroatoms. The summed E-state index contributed by atoms with van der Waals surface area (Å²) in [5.41, 5.74) is -0.630. The Bertz CT molecular complexity index is 1040. The minimum atomic E-state index is -1.37. The SMILES string of the molecule is O=C1CN(c2ncc(Cl)cc2F)C(=O)[C@]2(C[C@@H](C(=O)O)C2)N1Cc1ccc(Cl)cc1. The molecule has 1 aromatic carbocycles. The molecule has 2 fully saturated rings. The van der Waals surface area contributed by atoms with Gasteiger partial charge in [-0.1, -0.05) is 35.3 Å². The fourth-order valence-electron chi connectivity index (χ4n) is 4.01. The number of carboxylic acids is 1. The lowest BCUT2D eigenvalue weighted by Crippen LogP contribution is -2.73. The highest BCUT2D eigenvalue weighted by atomic mass is 35.5. The molecule has 0 bridgehead atoms. The van der Waals surface area contributed by atoms with Crippen LogP contribution in [0.1, 0.15) is 18.4 Å². The van der Waals surface area contributed by atoms with Crippen LogP contribution < -0.4 is 4.90 Å². The molecule has 0 atom stereocenters. The number of anilines is 1. The second kappa shape index (κ2) is 7.52. The lowest BCUT2D eigenvalue weighted by atomic mass is 9.65. The van der Waals surface area contributed by atoms with E-state index in [1.165, 1.54) is 11.1 Å². The normalized spacial score (nSPS) is 23.6. The Morgan fingerprint density at radius 1 is 1.20 bits per heavy atom. The molecule has 2 heterocycles. The number of pyridine rings is 1. The first kappa shape index (κ1) is 20.6. The predicted octanol–water partition coefficient (Wildman–Crippen LogP) is 3.14. The lowest BCUT2D eigenvalue weighted by Gasteiger charge is -2.55. The summed E-state index contributed by atoms with van der Waals surface area (Å²) in [6.07, 6.45) is 1.09. The van der Waals surface area contributed by atoms with Gasteiger partial charge in [0.2, 0.25) is 5.91 Å². The molecule has 2 aliphatic rings. The second-order valence-corrected chi connectivity index (χ2v) is 8.30. The molecular formula is C20H16Cl2FN3O4. The lowest BCUT2D eigenvalue weighted by molar-refractivity contribution is -0.169. The molecule has 1 spiro atoms. The maximum atomic E-state index is 14.4. The Morgan fingerprint density at radius 2 is 1.87 bits per heavy atom. The van der Waals surface area contributed by atoms with Gasteiger partial charge in [0, 0.05) is 17.8 Å². The van der Waals surface area contributed by atoms with Crippen molar-refractivity contribution in [3.05, 3.63) is 58.0 Å². The van der Waals surface area contributed by atoms with Crippen molar-refractivity contribution in [1.82, 2.24) is 9.88 Å². The predicted molar refractivity (Wildman–Crippen MR) is 107 cm³/mol. The highest BCUT2D eigenvalue weighted by molar-refractivity contribution is 6.30. The van der Waals surface area contributed by atoms with Crippen LogP contribution in [0.2, 0.25) is 10.0 Å². The number of halogens is 3. The van der Waals surface area contributed by atoms with E-state index in [9.17, 15) is 23.9 Å². The third kappa shape index (κ3) is 3.40. The van der Waals surface area contributed by atoms with Gasteiger partial charge < -0.3 is 10.0 Å². The summed E-state index contributed by atoms with van der Waals surface area (Å²) < 4.78 is 14.4. The molecule has 1 aliphatic heterocycles. The number of benzene rings is 1. The fraction of sp³-hybridized carbons (Fsp3) is 0.300. The van der Waals surface area contributed by atoms with Gasteiger partial charge in [-0.05, 0) is 36.6 Å². The summed E-state index contributed by atoms with van der Waals surface area (Å²) in [5, 5.41) is 9.92. The number of aromatic nitrogens is 1. The molecule has 1 saturated heterocycles. The quantitative estimate of drug-likeness (QED) is 0.770. The summed E-state index contributed by atoms with van der Waals surface area (Å²) in [6.45, 7) is -0.296. The van der Waals surface area contributed by atoms with Crippen LogP contribution in [0.5, 0.6) is 0 Å². The van der Waals surface area contributed by atoms with Crippen molar-refractivity contribution < 1.29 is 23.9 Å². The molecule has 7 nitrogen and oxygen atoms in total. The van der Waals surface area contributed by atoms with E-state index in [0.717, 1.165) is 16.5 Å². The van der Waals surface area contributed by atoms with Crippen LogP contribution in [-0.4, -0.2) is 44.9 Å². The Balaban J connectivity index is 1.70. The molecule has 30 heavy (non-hydrogen) atoms. The zero-order chi connectivity index (χ0) is 21.6. The van der Waals surface area contributed by atoms with Crippen LogP contribution in [0.25, 0.3) is 0 Å². The Morgan fingerprint density at radius 3 is 2.47 bits per heavy atom. The standard InChI is InChI=1S/C20H16Cl2FN3O4/c21-13-3-1-11(2-4-13)9-26-16(27)10-25(17-15(23)5-14(22)8-24-17)19(30)20(26)6-12(7-20)18(28)29/h1-5,8,12H,6-7,9-10H2,(H,28,29)/t12-,20-. The number of hydrogen-bond donors (Lipinski definition) is 1. The van der Waals surface area contributed by atoms with Gasteiger partial charge in [-0.25, -0.2) is 9.37 Å². The van der Waals surface area contributed by atoms with Crippen LogP contribution in [0.3, 0.4) is 0 Å². The highest BCUT2D eigenvalue weighted by Crippen LogP contribution is 2.47.